The summed E-state index contributed by atoms with van der Waals surface area (Å²) in [5.41, 5.74) is 8.52. The Kier molecular flexibility index (Phi) is 7.53. The normalized spacial score (nSPS) is 12.9. The van der Waals surface area contributed by atoms with E-state index in [1.54, 1.807) is 0 Å². The SMILES string of the molecule is C=C(c1ccc(N(C)C)cc1)[C@H](C)/C=C(C)/C=C/C(NO)=C(C)C. The molecule has 1 rings (SSSR count). The molecule has 0 unspecified atom stereocenters. The first-order chi connectivity index (χ1) is 11.3. The van der Waals surface area contributed by atoms with Gasteiger partial charge in [0.25, 0.3) is 0 Å². The Labute approximate surface area is 146 Å². The summed E-state index contributed by atoms with van der Waals surface area (Å²) < 4.78 is 0. The molecule has 24 heavy (non-hydrogen) atoms. The summed E-state index contributed by atoms with van der Waals surface area (Å²) in [4.78, 5) is 2.08. The largest absolute Gasteiger partial charge is 0.378 e. The Morgan fingerprint density at radius 3 is 2.17 bits per heavy atom. The van der Waals surface area contributed by atoms with Gasteiger partial charge in [-0.15, -0.1) is 0 Å². The minimum atomic E-state index is 0.233. The maximum atomic E-state index is 9.09. The van der Waals surface area contributed by atoms with Crippen LogP contribution in [0.4, 0.5) is 5.69 Å². The van der Waals surface area contributed by atoms with Gasteiger partial charge in [-0.05, 0) is 56.0 Å². The van der Waals surface area contributed by atoms with Crippen LogP contribution >= 0.6 is 0 Å². The highest BCUT2D eigenvalue weighted by Gasteiger charge is 2.07. The van der Waals surface area contributed by atoms with Crippen molar-refractivity contribution in [3.63, 3.8) is 0 Å². The second kappa shape index (κ2) is 9.14. The van der Waals surface area contributed by atoms with E-state index in [0.717, 1.165) is 22.3 Å². The molecule has 130 valence electrons. The summed E-state index contributed by atoms with van der Waals surface area (Å²) in [6.07, 6.45) is 6.05. The van der Waals surface area contributed by atoms with Crippen molar-refractivity contribution in [1.82, 2.24) is 5.48 Å². The fraction of sp³-hybridized carbons (Fsp3) is 0.333. The van der Waals surface area contributed by atoms with Crippen LogP contribution in [0.1, 0.15) is 33.3 Å². The molecule has 1 atom stereocenters. The third-order valence-corrected chi connectivity index (χ3v) is 3.99. The van der Waals surface area contributed by atoms with Crippen LogP contribution in [0.5, 0.6) is 0 Å². The lowest BCUT2D eigenvalue weighted by Crippen LogP contribution is -2.08. The molecule has 0 fully saturated rings. The number of anilines is 1. The molecule has 1 aromatic carbocycles. The number of allylic oxidation sites excluding steroid dienone is 6. The quantitative estimate of drug-likeness (QED) is 0.535. The Morgan fingerprint density at radius 2 is 1.71 bits per heavy atom. The second-order valence-electron chi connectivity index (χ2n) is 6.52. The second-order valence-corrected chi connectivity index (χ2v) is 6.52. The molecule has 0 aliphatic heterocycles. The highest BCUT2D eigenvalue weighted by molar-refractivity contribution is 5.68. The lowest BCUT2D eigenvalue weighted by molar-refractivity contribution is 0.203. The van der Waals surface area contributed by atoms with E-state index < -0.39 is 0 Å². The lowest BCUT2D eigenvalue weighted by atomic mass is 9.93. The number of nitrogens with one attached hydrogen (secondary N) is 1. The van der Waals surface area contributed by atoms with Gasteiger partial charge in [0, 0.05) is 19.8 Å². The molecule has 3 heteroatoms. The van der Waals surface area contributed by atoms with Gasteiger partial charge in [0.2, 0.25) is 0 Å². The van der Waals surface area contributed by atoms with Gasteiger partial charge >= 0.3 is 0 Å². The molecule has 0 aromatic heterocycles. The molecule has 0 heterocycles. The zero-order chi connectivity index (χ0) is 18.3. The Bertz CT molecular complexity index is 645. The van der Waals surface area contributed by atoms with Crippen molar-refractivity contribution < 1.29 is 5.21 Å². The fourth-order valence-corrected chi connectivity index (χ4v) is 2.32. The number of hydroxylamine groups is 1. The van der Waals surface area contributed by atoms with Gasteiger partial charge in [-0.1, -0.05) is 48.9 Å². The molecule has 3 nitrogen and oxygen atoms in total. The molecule has 0 amide bonds. The first-order valence-electron chi connectivity index (χ1n) is 8.17. The van der Waals surface area contributed by atoms with Gasteiger partial charge in [-0.25, -0.2) is 0 Å². The predicted octanol–water partition coefficient (Wildman–Crippen LogP) is 5.18. The average Bonchev–Trinajstić information content (AvgIpc) is 2.54. The molecule has 0 aliphatic carbocycles. The summed E-state index contributed by atoms with van der Waals surface area (Å²) in [6, 6.07) is 8.45. The summed E-state index contributed by atoms with van der Waals surface area (Å²) in [6.45, 7) is 12.3. The van der Waals surface area contributed by atoms with E-state index in [1.165, 1.54) is 5.69 Å². The van der Waals surface area contributed by atoms with Gasteiger partial charge in [0.1, 0.15) is 0 Å². The molecule has 0 radical (unpaired) electrons. The maximum absolute atomic E-state index is 9.09. The van der Waals surface area contributed by atoms with Crippen LogP contribution in [0.2, 0.25) is 0 Å². The van der Waals surface area contributed by atoms with Crippen molar-refractivity contribution in [3.8, 4) is 0 Å². The summed E-state index contributed by atoms with van der Waals surface area (Å²) >= 11 is 0. The minimum Gasteiger partial charge on any atom is -0.378 e. The Balaban J connectivity index is 2.85. The average molecular weight is 326 g/mol. The monoisotopic (exact) mass is 326 g/mol. The van der Waals surface area contributed by atoms with Gasteiger partial charge in [-0.3, -0.25) is 10.7 Å². The maximum Gasteiger partial charge on any atom is 0.0588 e. The van der Waals surface area contributed by atoms with Gasteiger partial charge in [0.05, 0.1) is 5.70 Å². The minimum absolute atomic E-state index is 0.233. The Hall–Kier alpha value is -2.26. The van der Waals surface area contributed by atoms with Crippen LogP contribution in [-0.4, -0.2) is 19.3 Å². The smallest absolute Gasteiger partial charge is 0.0588 e. The van der Waals surface area contributed by atoms with Crippen molar-refractivity contribution in [2.24, 2.45) is 5.92 Å². The molecule has 0 aliphatic rings. The number of nitrogens with zero attached hydrogens (tertiary/aromatic N) is 1. The molecular formula is C21H30N2O. The van der Waals surface area contributed by atoms with Crippen molar-refractivity contribution in [2.75, 3.05) is 19.0 Å². The number of rotatable bonds is 7. The van der Waals surface area contributed by atoms with Crippen LogP contribution in [-0.2, 0) is 0 Å². The van der Waals surface area contributed by atoms with Crippen molar-refractivity contribution in [3.05, 3.63) is 71.5 Å². The van der Waals surface area contributed by atoms with Gasteiger partial charge in [0.15, 0.2) is 0 Å². The molecule has 2 N–H and O–H groups in total. The van der Waals surface area contributed by atoms with E-state index >= 15 is 0 Å². The van der Waals surface area contributed by atoms with Crippen molar-refractivity contribution in [1.29, 1.82) is 0 Å². The van der Waals surface area contributed by atoms with E-state index in [-0.39, 0.29) is 5.92 Å². The van der Waals surface area contributed by atoms with E-state index in [9.17, 15) is 0 Å². The zero-order valence-electron chi connectivity index (χ0n) is 15.7. The Morgan fingerprint density at radius 1 is 1.12 bits per heavy atom. The molecule has 1 aromatic rings. The topological polar surface area (TPSA) is 35.5 Å². The van der Waals surface area contributed by atoms with E-state index in [1.807, 2.05) is 40.1 Å². The number of hydrogen-bond acceptors (Lipinski definition) is 3. The zero-order valence-corrected chi connectivity index (χ0v) is 15.7. The predicted molar refractivity (Wildman–Crippen MR) is 105 cm³/mol. The van der Waals surface area contributed by atoms with E-state index in [2.05, 4.69) is 61.1 Å². The third kappa shape index (κ3) is 5.74. The molecular weight excluding hydrogens is 296 g/mol. The van der Waals surface area contributed by atoms with Crippen molar-refractivity contribution >= 4 is 11.3 Å². The van der Waals surface area contributed by atoms with Crippen LogP contribution in [0.3, 0.4) is 0 Å². The fourth-order valence-electron chi connectivity index (χ4n) is 2.32. The van der Waals surface area contributed by atoms with E-state index in [0.29, 0.717) is 5.70 Å². The number of hydrogen-bond donors (Lipinski definition) is 2. The standard InChI is InChI=1S/C21H30N2O/c1-15(2)21(22-24)13-8-16(3)14-17(4)18(5)19-9-11-20(12-10-19)23(6)7/h8-14,17,22,24H,5H2,1-4,6-7H3/b13-8+,16-14+/t17-/m1/s1. The highest BCUT2D eigenvalue weighted by atomic mass is 16.5. The molecule has 0 saturated heterocycles. The molecule has 0 saturated carbocycles. The summed E-state index contributed by atoms with van der Waals surface area (Å²) in [7, 11) is 4.07. The van der Waals surface area contributed by atoms with Crippen LogP contribution in [0.25, 0.3) is 5.57 Å². The third-order valence-electron chi connectivity index (χ3n) is 3.99. The lowest BCUT2D eigenvalue weighted by Gasteiger charge is -2.15. The first kappa shape index (κ1) is 19.8. The van der Waals surface area contributed by atoms with Crippen LogP contribution in [0.15, 0.2) is 65.9 Å². The number of benzene rings is 1. The van der Waals surface area contributed by atoms with Crippen LogP contribution in [0, 0.1) is 5.92 Å². The van der Waals surface area contributed by atoms with Crippen molar-refractivity contribution in [2.45, 2.75) is 27.7 Å². The van der Waals surface area contributed by atoms with Gasteiger partial charge in [-0.2, -0.15) is 0 Å². The summed E-state index contributed by atoms with van der Waals surface area (Å²) in [5, 5.41) is 9.09. The van der Waals surface area contributed by atoms with Crippen LogP contribution < -0.4 is 10.4 Å². The van der Waals surface area contributed by atoms with E-state index in [4.69, 9.17) is 5.21 Å². The molecule has 0 bridgehead atoms. The molecule has 0 spiro atoms. The van der Waals surface area contributed by atoms with Gasteiger partial charge < -0.3 is 4.90 Å². The summed E-state index contributed by atoms with van der Waals surface area (Å²) in [5.74, 6) is 0.233. The highest BCUT2D eigenvalue weighted by Crippen LogP contribution is 2.25. The first-order valence-corrected chi connectivity index (χ1v) is 8.17.